The third-order valence-electron chi connectivity index (χ3n) is 5.53. The van der Waals surface area contributed by atoms with Crippen molar-refractivity contribution in [2.45, 2.75) is 39.4 Å². The van der Waals surface area contributed by atoms with Gasteiger partial charge < -0.3 is 19.9 Å². The number of ether oxygens (including phenoxy) is 1. The summed E-state index contributed by atoms with van der Waals surface area (Å²) in [6, 6.07) is 4.26. The zero-order valence-corrected chi connectivity index (χ0v) is 21.1. The lowest BCUT2D eigenvalue weighted by atomic mass is 9.89. The van der Waals surface area contributed by atoms with Crippen molar-refractivity contribution in [3.8, 4) is 0 Å². The molecule has 2 aliphatic rings. The van der Waals surface area contributed by atoms with Gasteiger partial charge in [-0.15, -0.1) is 0 Å². The molecule has 0 saturated heterocycles. The molecule has 35 heavy (non-hydrogen) atoms. The van der Waals surface area contributed by atoms with Crippen molar-refractivity contribution >= 4 is 28.8 Å². The summed E-state index contributed by atoms with van der Waals surface area (Å²) in [7, 11) is 3.77. The Balaban J connectivity index is 2.10. The highest BCUT2D eigenvalue weighted by molar-refractivity contribution is 8.16. The molecule has 1 aromatic carbocycles. The highest BCUT2D eigenvalue weighted by Crippen LogP contribution is 2.48. The third-order valence-corrected chi connectivity index (χ3v) is 6.41. The van der Waals surface area contributed by atoms with Crippen LogP contribution in [0.5, 0.6) is 0 Å². The van der Waals surface area contributed by atoms with Crippen molar-refractivity contribution in [3.05, 3.63) is 57.3 Å². The molecule has 2 heterocycles. The smallest absolute Gasteiger partial charge is 0.434 e. The monoisotopic (exact) mass is 510 g/mol. The van der Waals surface area contributed by atoms with Gasteiger partial charge in [-0.1, -0.05) is 35.5 Å². The summed E-state index contributed by atoms with van der Waals surface area (Å²) in [5.74, 6) is -1.36. The fourth-order valence-electron chi connectivity index (χ4n) is 3.88. The Morgan fingerprint density at radius 2 is 1.97 bits per heavy atom. The Labute approximate surface area is 207 Å². The molecule has 1 aromatic rings. The molecule has 0 aromatic heterocycles. The second kappa shape index (κ2) is 10.9. The Morgan fingerprint density at radius 1 is 1.26 bits per heavy atom. The minimum atomic E-state index is -4.87. The van der Waals surface area contributed by atoms with Gasteiger partial charge in [0, 0.05) is 18.8 Å². The Bertz CT molecular complexity index is 1100. The van der Waals surface area contributed by atoms with Crippen molar-refractivity contribution in [3.63, 3.8) is 0 Å². The van der Waals surface area contributed by atoms with Crippen LogP contribution in [0.1, 0.15) is 36.1 Å². The van der Waals surface area contributed by atoms with Gasteiger partial charge in [0.25, 0.3) is 0 Å². The van der Waals surface area contributed by atoms with Gasteiger partial charge >= 0.3 is 12.1 Å². The summed E-state index contributed by atoms with van der Waals surface area (Å²) in [6.07, 6.45) is -4.94. The summed E-state index contributed by atoms with van der Waals surface area (Å²) in [4.78, 5) is 32.9. The fourth-order valence-corrected chi connectivity index (χ4v) is 4.80. The molecule has 11 heteroatoms. The number of nitrogens with one attached hydrogen (secondary N) is 1. The van der Waals surface area contributed by atoms with Crippen molar-refractivity contribution in [1.82, 2.24) is 15.1 Å². The maximum absolute atomic E-state index is 14.1. The van der Waals surface area contributed by atoms with Crippen molar-refractivity contribution < 1.29 is 27.5 Å². The summed E-state index contributed by atoms with van der Waals surface area (Å²) in [5.41, 5.74) is 0.652. The molecule has 0 spiro atoms. The SMILES string of the molecule is CCOC(=O)C1=C(C(F)(F)F)N=C2SC=C(CC(=O)NCCN(C)C)N2[C@@H]1c1cc(C)ccc1C. The molecule has 0 bridgehead atoms. The normalized spacial score (nSPS) is 17.9. The van der Waals surface area contributed by atoms with E-state index in [0.29, 0.717) is 29.9 Å². The first kappa shape index (κ1) is 26.8. The molecule has 1 atom stereocenters. The predicted molar refractivity (Wildman–Crippen MR) is 129 cm³/mol. The first-order valence-electron chi connectivity index (χ1n) is 11.1. The molecule has 0 saturated carbocycles. The van der Waals surface area contributed by atoms with Crippen molar-refractivity contribution in [2.75, 3.05) is 33.8 Å². The van der Waals surface area contributed by atoms with Crippen LogP contribution in [0, 0.1) is 13.8 Å². The van der Waals surface area contributed by atoms with Crippen LogP contribution < -0.4 is 5.32 Å². The van der Waals surface area contributed by atoms with E-state index in [9.17, 15) is 22.8 Å². The van der Waals surface area contributed by atoms with Gasteiger partial charge in [0.15, 0.2) is 10.9 Å². The van der Waals surface area contributed by atoms with Gasteiger partial charge in [0.2, 0.25) is 5.91 Å². The quantitative estimate of drug-likeness (QED) is 0.532. The van der Waals surface area contributed by atoms with Crippen LogP contribution >= 0.6 is 11.8 Å². The van der Waals surface area contributed by atoms with Crippen LogP contribution in [0.25, 0.3) is 0 Å². The number of hydrogen-bond acceptors (Lipinski definition) is 7. The number of carbonyl (C=O) groups excluding carboxylic acids is 2. The number of aryl methyl sites for hydroxylation is 2. The summed E-state index contributed by atoms with van der Waals surface area (Å²) < 4.78 is 47.5. The number of aliphatic imine (C=N–C) groups is 1. The number of esters is 1. The first-order valence-corrected chi connectivity index (χ1v) is 12.0. The van der Waals surface area contributed by atoms with E-state index >= 15 is 0 Å². The molecule has 2 aliphatic heterocycles. The number of thioether (sulfide) groups is 1. The third kappa shape index (κ3) is 6.07. The van der Waals surface area contributed by atoms with Crippen molar-refractivity contribution in [2.24, 2.45) is 4.99 Å². The first-order chi connectivity index (χ1) is 16.4. The Kier molecular flexibility index (Phi) is 8.32. The molecule has 190 valence electrons. The second-order valence-electron chi connectivity index (χ2n) is 8.56. The van der Waals surface area contributed by atoms with Crippen LogP contribution in [0.2, 0.25) is 0 Å². The maximum atomic E-state index is 14.1. The van der Waals surface area contributed by atoms with E-state index in [1.165, 1.54) is 6.92 Å². The maximum Gasteiger partial charge on any atom is 0.434 e. The minimum absolute atomic E-state index is 0.0624. The largest absolute Gasteiger partial charge is 0.463 e. The molecular weight excluding hydrogens is 481 g/mol. The highest BCUT2D eigenvalue weighted by Gasteiger charge is 2.49. The lowest BCUT2D eigenvalue weighted by Gasteiger charge is -2.37. The Hall–Kier alpha value is -2.79. The number of carbonyl (C=O) groups is 2. The topological polar surface area (TPSA) is 74.2 Å². The van der Waals surface area contributed by atoms with Crippen LogP contribution in [0.15, 0.2) is 45.6 Å². The van der Waals surface area contributed by atoms with Crippen molar-refractivity contribution in [1.29, 1.82) is 0 Å². The number of fused-ring (bicyclic) bond motifs is 1. The van der Waals surface area contributed by atoms with Crippen LogP contribution in [0.4, 0.5) is 13.2 Å². The number of alkyl halides is 3. The van der Waals surface area contributed by atoms with Gasteiger partial charge in [0.05, 0.1) is 24.6 Å². The molecule has 1 amide bonds. The number of hydrogen-bond donors (Lipinski definition) is 1. The Morgan fingerprint density at radius 3 is 2.60 bits per heavy atom. The molecule has 0 fully saturated rings. The van der Waals surface area contributed by atoms with E-state index in [0.717, 1.165) is 17.3 Å². The molecule has 7 nitrogen and oxygen atoms in total. The summed E-state index contributed by atoms with van der Waals surface area (Å²) in [6.45, 7) is 6.12. The number of rotatable bonds is 8. The van der Waals surface area contributed by atoms with E-state index in [1.807, 2.05) is 32.0 Å². The molecule has 0 unspecified atom stereocenters. The van der Waals surface area contributed by atoms with Crippen LogP contribution in [-0.4, -0.2) is 66.8 Å². The minimum Gasteiger partial charge on any atom is -0.463 e. The molecule has 0 aliphatic carbocycles. The van der Waals surface area contributed by atoms with Gasteiger partial charge in [-0.2, -0.15) is 13.2 Å². The van der Waals surface area contributed by atoms with Gasteiger partial charge in [-0.05, 0) is 51.4 Å². The zero-order chi connectivity index (χ0) is 25.9. The van der Waals surface area contributed by atoms with Gasteiger partial charge in [0.1, 0.15) is 0 Å². The highest BCUT2D eigenvalue weighted by atomic mass is 32.2. The molecule has 3 rings (SSSR count). The molecule has 0 radical (unpaired) electrons. The number of allylic oxidation sites excluding steroid dienone is 1. The average molecular weight is 511 g/mol. The number of amides is 1. The van der Waals surface area contributed by atoms with E-state index in [4.69, 9.17) is 4.74 Å². The van der Waals surface area contributed by atoms with Gasteiger partial charge in [-0.25, -0.2) is 9.79 Å². The zero-order valence-electron chi connectivity index (χ0n) is 20.3. The number of benzene rings is 1. The summed E-state index contributed by atoms with van der Waals surface area (Å²) in [5, 5.41) is 4.50. The van der Waals surface area contributed by atoms with Crippen LogP contribution in [0.3, 0.4) is 0 Å². The standard InChI is InChI=1S/C24H29F3N4O3S/c1-6-34-22(33)19-20(17-11-14(2)7-8-15(17)3)31-16(12-18(32)28-9-10-30(4)5)13-35-23(31)29-21(19)24(25,26)27/h7-8,11,13,20H,6,9-10,12H2,1-5H3,(H,28,32)/t20-/m1/s1. The number of halogens is 3. The summed E-state index contributed by atoms with van der Waals surface area (Å²) >= 11 is 1.000. The number of likely N-dealkylation sites (N-methyl/N-ethyl adjacent to an activating group) is 1. The fraction of sp³-hybridized carbons (Fsp3) is 0.458. The predicted octanol–water partition coefficient (Wildman–Crippen LogP) is 4.05. The van der Waals surface area contributed by atoms with E-state index < -0.39 is 29.5 Å². The van der Waals surface area contributed by atoms with E-state index in [1.54, 1.807) is 29.4 Å². The lowest BCUT2D eigenvalue weighted by Crippen LogP contribution is -2.40. The van der Waals surface area contributed by atoms with Gasteiger partial charge in [-0.3, -0.25) is 4.79 Å². The molecule has 1 N–H and O–H groups in total. The second-order valence-corrected chi connectivity index (χ2v) is 9.40. The molecular formula is C24H29F3N4O3S. The average Bonchev–Trinajstić information content (AvgIpc) is 3.16. The van der Waals surface area contributed by atoms with E-state index in [-0.39, 0.29) is 24.1 Å². The van der Waals surface area contributed by atoms with Crippen LogP contribution in [-0.2, 0) is 14.3 Å². The lowest BCUT2D eigenvalue weighted by molar-refractivity contribution is -0.140. The van der Waals surface area contributed by atoms with E-state index in [2.05, 4.69) is 10.3 Å². The number of nitrogens with zero attached hydrogens (tertiary/aromatic N) is 3. The number of amidine groups is 1.